The summed E-state index contributed by atoms with van der Waals surface area (Å²) in [4.78, 5) is 12.3. The zero-order chi connectivity index (χ0) is 18.5. The average molecular weight is 387 g/mol. The Morgan fingerprint density at radius 2 is 1.88 bits per heavy atom. The molecule has 1 amide bonds. The SMILES string of the molecule is N#Cc1ccccc1NC(=O)c1ccn(COc2c(Cl)cccc2Cl)n1. The fourth-order valence-corrected chi connectivity index (χ4v) is 2.69. The predicted molar refractivity (Wildman–Crippen MR) is 98.4 cm³/mol. The number of hydrogen-bond acceptors (Lipinski definition) is 4. The Labute approximate surface area is 159 Å². The number of nitrogens with one attached hydrogen (secondary N) is 1. The Kier molecular flexibility index (Phi) is 5.42. The van der Waals surface area contributed by atoms with Crippen molar-refractivity contribution in [3.8, 4) is 11.8 Å². The second-order valence-corrected chi connectivity index (χ2v) is 5.99. The first-order valence-electron chi connectivity index (χ1n) is 7.49. The molecule has 8 heteroatoms. The maximum absolute atomic E-state index is 12.3. The van der Waals surface area contributed by atoms with Crippen LogP contribution in [0.2, 0.25) is 10.0 Å². The highest BCUT2D eigenvalue weighted by Gasteiger charge is 2.13. The Hall–Kier alpha value is -3.01. The van der Waals surface area contributed by atoms with Gasteiger partial charge in [-0.25, -0.2) is 4.68 Å². The molecule has 0 spiro atoms. The minimum absolute atomic E-state index is 0.0332. The van der Waals surface area contributed by atoms with Gasteiger partial charge in [0.05, 0.1) is 21.3 Å². The van der Waals surface area contributed by atoms with Gasteiger partial charge in [0, 0.05) is 6.20 Å². The number of para-hydroxylation sites is 2. The molecule has 0 saturated heterocycles. The number of nitrogens with zero attached hydrogens (tertiary/aromatic N) is 3. The van der Waals surface area contributed by atoms with E-state index in [0.29, 0.717) is 27.0 Å². The quantitative estimate of drug-likeness (QED) is 0.706. The molecule has 0 aliphatic rings. The molecule has 130 valence electrons. The van der Waals surface area contributed by atoms with E-state index in [1.807, 2.05) is 6.07 Å². The molecule has 0 saturated carbocycles. The maximum Gasteiger partial charge on any atom is 0.276 e. The van der Waals surface area contributed by atoms with E-state index in [9.17, 15) is 4.79 Å². The first kappa shape index (κ1) is 17.8. The zero-order valence-corrected chi connectivity index (χ0v) is 14.8. The molecule has 3 rings (SSSR count). The third-order valence-corrected chi connectivity index (χ3v) is 4.02. The fourth-order valence-electron chi connectivity index (χ4n) is 2.18. The number of halogens is 2. The molecule has 0 unspecified atom stereocenters. The van der Waals surface area contributed by atoms with Crippen LogP contribution in [0.15, 0.2) is 54.7 Å². The van der Waals surface area contributed by atoms with E-state index in [2.05, 4.69) is 10.4 Å². The van der Waals surface area contributed by atoms with Gasteiger partial charge < -0.3 is 10.1 Å². The number of hydrogen-bond donors (Lipinski definition) is 1. The van der Waals surface area contributed by atoms with Crippen LogP contribution in [0.1, 0.15) is 16.1 Å². The summed E-state index contributed by atoms with van der Waals surface area (Å²) in [6.07, 6.45) is 1.59. The Morgan fingerprint density at radius 3 is 2.62 bits per heavy atom. The normalized spacial score (nSPS) is 10.2. The van der Waals surface area contributed by atoms with Crippen molar-refractivity contribution in [2.24, 2.45) is 0 Å². The monoisotopic (exact) mass is 386 g/mol. The lowest BCUT2D eigenvalue weighted by atomic mass is 10.2. The summed E-state index contributed by atoms with van der Waals surface area (Å²) < 4.78 is 7.00. The Balaban J connectivity index is 1.68. The van der Waals surface area contributed by atoms with Gasteiger partial charge in [0.25, 0.3) is 5.91 Å². The van der Waals surface area contributed by atoms with Crippen molar-refractivity contribution in [2.45, 2.75) is 6.73 Å². The van der Waals surface area contributed by atoms with Gasteiger partial charge in [-0.3, -0.25) is 4.79 Å². The number of rotatable bonds is 5. The molecule has 1 aromatic heterocycles. The van der Waals surface area contributed by atoms with Crippen molar-refractivity contribution in [3.05, 3.63) is 76.0 Å². The molecule has 26 heavy (non-hydrogen) atoms. The van der Waals surface area contributed by atoms with E-state index < -0.39 is 5.91 Å². The Bertz CT molecular complexity index is 975. The minimum Gasteiger partial charge on any atom is -0.468 e. The van der Waals surface area contributed by atoms with Crippen molar-refractivity contribution in [3.63, 3.8) is 0 Å². The second kappa shape index (κ2) is 7.91. The van der Waals surface area contributed by atoms with Crippen LogP contribution in [-0.2, 0) is 6.73 Å². The van der Waals surface area contributed by atoms with Gasteiger partial charge in [-0.15, -0.1) is 0 Å². The molecule has 1 N–H and O–H groups in total. The van der Waals surface area contributed by atoms with Gasteiger partial charge in [-0.2, -0.15) is 10.4 Å². The highest BCUT2D eigenvalue weighted by atomic mass is 35.5. The van der Waals surface area contributed by atoms with Crippen LogP contribution in [0, 0.1) is 11.3 Å². The van der Waals surface area contributed by atoms with Crippen molar-refractivity contribution >= 4 is 34.8 Å². The van der Waals surface area contributed by atoms with Gasteiger partial charge in [0.15, 0.2) is 18.2 Å². The van der Waals surface area contributed by atoms with Gasteiger partial charge in [-0.05, 0) is 30.3 Å². The van der Waals surface area contributed by atoms with Crippen molar-refractivity contribution in [1.29, 1.82) is 5.26 Å². The second-order valence-electron chi connectivity index (χ2n) is 5.18. The predicted octanol–water partition coefficient (Wildman–Crippen LogP) is 4.35. The standard InChI is InChI=1S/C18H12Cl2N4O2/c19-13-5-3-6-14(20)17(13)26-11-24-9-8-16(23-24)18(25)22-15-7-2-1-4-12(15)10-21/h1-9H,11H2,(H,22,25). The maximum atomic E-state index is 12.3. The summed E-state index contributed by atoms with van der Waals surface area (Å²) >= 11 is 12.1. The number of ether oxygens (including phenoxy) is 1. The molecule has 0 fully saturated rings. The lowest BCUT2D eigenvalue weighted by molar-refractivity contribution is 0.102. The molecule has 0 atom stereocenters. The highest BCUT2D eigenvalue weighted by molar-refractivity contribution is 6.37. The van der Waals surface area contributed by atoms with E-state index in [-0.39, 0.29) is 12.4 Å². The van der Waals surface area contributed by atoms with Gasteiger partial charge in [0.2, 0.25) is 0 Å². The first-order valence-corrected chi connectivity index (χ1v) is 8.25. The highest BCUT2D eigenvalue weighted by Crippen LogP contribution is 2.32. The van der Waals surface area contributed by atoms with Gasteiger partial charge in [0.1, 0.15) is 6.07 Å². The largest absolute Gasteiger partial charge is 0.468 e. The van der Waals surface area contributed by atoms with Crippen molar-refractivity contribution in [1.82, 2.24) is 9.78 Å². The van der Waals surface area contributed by atoms with Crippen LogP contribution in [0.4, 0.5) is 5.69 Å². The summed E-state index contributed by atoms with van der Waals surface area (Å²) in [7, 11) is 0. The van der Waals surface area contributed by atoms with E-state index in [4.69, 9.17) is 33.2 Å². The molecule has 3 aromatic rings. The molecule has 0 aliphatic carbocycles. The molecule has 0 bridgehead atoms. The van der Waals surface area contributed by atoms with Crippen molar-refractivity contribution in [2.75, 3.05) is 5.32 Å². The van der Waals surface area contributed by atoms with Crippen LogP contribution < -0.4 is 10.1 Å². The summed E-state index contributed by atoms with van der Waals surface area (Å²) in [6, 6.07) is 15.3. The number of amides is 1. The van der Waals surface area contributed by atoms with E-state index in [0.717, 1.165) is 0 Å². The average Bonchev–Trinajstić information content (AvgIpc) is 3.11. The number of benzene rings is 2. The van der Waals surface area contributed by atoms with E-state index >= 15 is 0 Å². The smallest absolute Gasteiger partial charge is 0.276 e. The number of aromatic nitrogens is 2. The lowest BCUT2D eigenvalue weighted by Crippen LogP contribution is -2.15. The number of anilines is 1. The van der Waals surface area contributed by atoms with Crippen LogP contribution >= 0.6 is 23.2 Å². The van der Waals surface area contributed by atoms with E-state index in [1.54, 1.807) is 54.7 Å². The van der Waals surface area contributed by atoms with Crippen LogP contribution in [0.5, 0.6) is 5.75 Å². The van der Waals surface area contributed by atoms with Crippen LogP contribution in [-0.4, -0.2) is 15.7 Å². The third-order valence-electron chi connectivity index (χ3n) is 3.43. The lowest BCUT2D eigenvalue weighted by Gasteiger charge is -2.09. The van der Waals surface area contributed by atoms with Gasteiger partial charge in [-0.1, -0.05) is 41.4 Å². The minimum atomic E-state index is -0.428. The molecular weight excluding hydrogens is 375 g/mol. The number of nitriles is 1. The Morgan fingerprint density at radius 1 is 1.15 bits per heavy atom. The summed E-state index contributed by atoms with van der Waals surface area (Å²) in [5.74, 6) is -0.0810. The van der Waals surface area contributed by atoms with E-state index in [1.165, 1.54) is 4.68 Å². The topological polar surface area (TPSA) is 79.9 Å². The number of carbonyl (C=O) groups is 1. The first-order chi connectivity index (χ1) is 12.6. The summed E-state index contributed by atoms with van der Waals surface area (Å²) in [6.45, 7) is 0.0332. The third kappa shape index (κ3) is 3.97. The summed E-state index contributed by atoms with van der Waals surface area (Å²) in [5, 5.41) is 16.6. The molecule has 2 aromatic carbocycles. The number of carbonyl (C=O) groups excluding carboxylic acids is 1. The summed E-state index contributed by atoms with van der Waals surface area (Å²) in [5.41, 5.74) is 0.984. The molecule has 6 nitrogen and oxygen atoms in total. The van der Waals surface area contributed by atoms with Crippen molar-refractivity contribution < 1.29 is 9.53 Å². The fraction of sp³-hybridized carbons (Fsp3) is 0.0556. The molecule has 1 heterocycles. The van der Waals surface area contributed by atoms with Crippen LogP contribution in [0.3, 0.4) is 0 Å². The molecule has 0 aliphatic heterocycles. The molecule has 0 radical (unpaired) electrons. The van der Waals surface area contributed by atoms with Crippen LogP contribution in [0.25, 0.3) is 0 Å². The van der Waals surface area contributed by atoms with Gasteiger partial charge >= 0.3 is 0 Å². The molecular formula is C18H12Cl2N4O2. The zero-order valence-electron chi connectivity index (χ0n) is 13.3.